The number of hydrogen-bond acceptors (Lipinski definition) is 5. The second-order valence-corrected chi connectivity index (χ2v) is 11.0. The Morgan fingerprint density at radius 2 is 1.32 bits per heavy atom. The molecule has 0 aliphatic heterocycles. The van der Waals surface area contributed by atoms with E-state index < -0.39 is 7.82 Å². The molecule has 0 aromatic heterocycles. The van der Waals surface area contributed by atoms with Gasteiger partial charge in [0.15, 0.2) is 0 Å². The zero-order valence-corrected chi connectivity index (χ0v) is 22.0. The van der Waals surface area contributed by atoms with Gasteiger partial charge in [-0.15, -0.1) is 0 Å². The minimum atomic E-state index is -3.45. The number of unbranched alkanes of at least 4 members (excludes halogenated alkanes) is 13. The molecule has 31 heavy (non-hydrogen) atoms. The van der Waals surface area contributed by atoms with Gasteiger partial charge >= 0.3 is 7.82 Å². The molecule has 5 nitrogen and oxygen atoms in total. The molecule has 186 valence electrons. The summed E-state index contributed by atoms with van der Waals surface area (Å²) in [5.74, 6) is 0. The van der Waals surface area contributed by atoms with Gasteiger partial charge in [0.2, 0.25) is 0 Å². The van der Waals surface area contributed by atoms with Crippen LogP contribution in [0.2, 0.25) is 0 Å². The molecule has 0 N–H and O–H groups in total. The molecule has 0 spiro atoms. The Bertz CT molecular complexity index is 463. The van der Waals surface area contributed by atoms with Gasteiger partial charge in [-0.2, -0.15) is 0 Å². The van der Waals surface area contributed by atoms with Gasteiger partial charge < -0.3 is 4.90 Å². The lowest BCUT2D eigenvalue weighted by atomic mass is 10.0. The molecule has 1 rings (SSSR count). The Balaban J connectivity index is 2.01. The van der Waals surface area contributed by atoms with Gasteiger partial charge in [0.1, 0.15) is 0 Å². The van der Waals surface area contributed by atoms with Crippen molar-refractivity contribution in [1.29, 1.82) is 0 Å². The lowest BCUT2D eigenvalue weighted by molar-refractivity contribution is 0.0531. The monoisotopic (exact) mass is 461 g/mol. The van der Waals surface area contributed by atoms with Crippen molar-refractivity contribution in [3.05, 3.63) is 0 Å². The molecule has 0 bridgehead atoms. The zero-order chi connectivity index (χ0) is 22.8. The molecule has 0 amide bonds. The third kappa shape index (κ3) is 13.4. The number of phosphoric acid groups is 1. The normalized spacial score (nSPS) is 21.1. The Hall–Kier alpha value is 0.0700. The van der Waals surface area contributed by atoms with Crippen molar-refractivity contribution in [2.75, 3.05) is 27.3 Å². The van der Waals surface area contributed by atoms with E-state index in [9.17, 15) is 4.57 Å². The van der Waals surface area contributed by atoms with E-state index in [0.29, 0.717) is 12.6 Å². The molecule has 0 heterocycles. The SMILES string of the molecule is CCCCCCCCCCCCCCCCOP(=O)(OC)O[C@H]1CCC[C@H]1N(C)CC. The smallest absolute Gasteiger partial charge is 0.301 e. The minimum Gasteiger partial charge on any atom is -0.301 e. The second kappa shape index (κ2) is 18.5. The fourth-order valence-electron chi connectivity index (χ4n) is 4.53. The van der Waals surface area contributed by atoms with Crippen LogP contribution in [0.4, 0.5) is 0 Å². The van der Waals surface area contributed by atoms with Crippen molar-refractivity contribution < 1.29 is 18.1 Å². The van der Waals surface area contributed by atoms with E-state index in [0.717, 1.165) is 38.6 Å². The van der Waals surface area contributed by atoms with Crippen molar-refractivity contribution >= 4 is 7.82 Å². The molecule has 0 aromatic carbocycles. The summed E-state index contributed by atoms with van der Waals surface area (Å²) in [5, 5.41) is 0. The first-order valence-corrected chi connectivity index (χ1v) is 14.7. The molecule has 0 radical (unpaired) electrons. The molecular formula is C25H52NO4P. The van der Waals surface area contributed by atoms with E-state index in [2.05, 4.69) is 25.8 Å². The maximum Gasteiger partial charge on any atom is 0.474 e. The van der Waals surface area contributed by atoms with Gasteiger partial charge in [-0.25, -0.2) is 4.57 Å². The van der Waals surface area contributed by atoms with Crippen LogP contribution in [0.5, 0.6) is 0 Å². The Kier molecular flexibility index (Phi) is 17.4. The van der Waals surface area contributed by atoms with Gasteiger partial charge in [-0.05, 0) is 39.3 Å². The van der Waals surface area contributed by atoms with Crippen LogP contribution in [-0.4, -0.2) is 44.4 Å². The van der Waals surface area contributed by atoms with Crippen molar-refractivity contribution in [3.63, 3.8) is 0 Å². The van der Waals surface area contributed by atoms with Crippen LogP contribution in [0.15, 0.2) is 0 Å². The Morgan fingerprint density at radius 1 is 0.806 bits per heavy atom. The molecule has 1 unspecified atom stereocenters. The predicted molar refractivity (Wildman–Crippen MR) is 132 cm³/mol. The fraction of sp³-hybridized carbons (Fsp3) is 1.00. The molecule has 1 aliphatic carbocycles. The third-order valence-corrected chi connectivity index (χ3v) is 8.19. The van der Waals surface area contributed by atoms with Crippen molar-refractivity contribution in [2.45, 2.75) is 135 Å². The first-order chi connectivity index (χ1) is 15.1. The van der Waals surface area contributed by atoms with Crippen LogP contribution in [0.3, 0.4) is 0 Å². The van der Waals surface area contributed by atoms with Gasteiger partial charge in [0.05, 0.1) is 12.7 Å². The highest BCUT2D eigenvalue weighted by Crippen LogP contribution is 2.52. The van der Waals surface area contributed by atoms with Gasteiger partial charge in [0, 0.05) is 13.2 Å². The molecule has 3 atom stereocenters. The van der Waals surface area contributed by atoms with Crippen molar-refractivity contribution in [2.24, 2.45) is 0 Å². The number of rotatable bonds is 21. The van der Waals surface area contributed by atoms with E-state index in [1.165, 1.54) is 84.2 Å². The van der Waals surface area contributed by atoms with Crippen LogP contribution in [0.1, 0.15) is 123 Å². The average molecular weight is 462 g/mol. The topological polar surface area (TPSA) is 48.0 Å². The van der Waals surface area contributed by atoms with E-state index in [-0.39, 0.29) is 6.10 Å². The summed E-state index contributed by atoms with van der Waals surface area (Å²) in [7, 11) is 0.0768. The molecule has 1 fully saturated rings. The standard InChI is InChI=1S/C25H52NO4P/c1-5-7-8-9-10-11-12-13-14-15-16-17-18-19-23-29-31(27,28-4)30-25-22-20-21-24(25)26(3)6-2/h24-25H,5-23H2,1-4H3/t24-,25+,31?/m1/s1. The average Bonchev–Trinajstić information content (AvgIpc) is 3.23. The zero-order valence-electron chi connectivity index (χ0n) is 21.1. The van der Waals surface area contributed by atoms with Crippen LogP contribution in [0, 0.1) is 0 Å². The van der Waals surface area contributed by atoms with Gasteiger partial charge in [0.25, 0.3) is 0 Å². The van der Waals surface area contributed by atoms with E-state index in [4.69, 9.17) is 13.6 Å². The second-order valence-electron chi connectivity index (χ2n) is 9.27. The summed E-state index contributed by atoms with van der Waals surface area (Å²) in [6.45, 7) is 5.82. The summed E-state index contributed by atoms with van der Waals surface area (Å²) in [6, 6.07) is 0.304. The number of phosphoric ester groups is 1. The third-order valence-electron chi connectivity index (χ3n) is 6.72. The quantitative estimate of drug-likeness (QED) is 0.128. The molecular weight excluding hydrogens is 409 g/mol. The van der Waals surface area contributed by atoms with Crippen LogP contribution in [-0.2, 0) is 18.1 Å². The van der Waals surface area contributed by atoms with Gasteiger partial charge in [-0.1, -0.05) is 97.3 Å². The molecule has 1 saturated carbocycles. The minimum absolute atomic E-state index is 0.0629. The van der Waals surface area contributed by atoms with Crippen LogP contribution >= 0.6 is 7.82 Å². The highest BCUT2D eigenvalue weighted by atomic mass is 31.2. The number of nitrogens with zero attached hydrogens (tertiary/aromatic N) is 1. The first-order valence-electron chi connectivity index (χ1n) is 13.2. The van der Waals surface area contributed by atoms with Gasteiger partial charge in [-0.3, -0.25) is 13.6 Å². The molecule has 6 heteroatoms. The summed E-state index contributed by atoms with van der Waals surface area (Å²) in [4.78, 5) is 2.27. The Labute approximate surface area is 193 Å². The van der Waals surface area contributed by atoms with Crippen LogP contribution in [0.25, 0.3) is 0 Å². The van der Waals surface area contributed by atoms with E-state index in [1.54, 1.807) is 0 Å². The maximum atomic E-state index is 12.8. The lowest BCUT2D eigenvalue weighted by Gasteiger charge is -2.30. The molecule has 1 aliphatic rings. The highest BCUT2D eigenvalue weighted by molar-refractivity contribution is 7.48. The first kappa shape index (κ1) is 29.1. The highest BCUT2D eigenvalue weighted by Gasteiger charge is 2.37. The van der Waals surface area contributed by atoms with Crippen molar-refractivity contribution in [3.8, 4) is 0 Å². The van der Waals surface area contributed by atoms with Crippen molar-refractivity contribution in [1.82, 2.24) is 4.90 Å². The molecule has 0 aromatic rings. The summed E-state index contributed by atoms with van der Waals surface area (Å²) in [6.07, 6.45) is 21.5. The Morgan fingerprint density at radius 3 is 1.81 bits per heavy atom. The lowest BCUT2D eigenvalue weighted by Crippen LogP contribution is -2.38. The number of likely N-dealkylation sites (N-methyl/N-ethyl adjacent to an activating group) is 1. The maximum absolute atomic E-state index is 12.8. The number of hydrogen-bond donors (Lipinski definition) is 0. The summed E-state index contributed by atoms with van der Waals surface area (Å²) in [5.41, 5.74) is 0. The predicted octanol–water partition coefficient (Wildman–Crippen LogP) is 8.13. The summed E-state index contributed by atoms with van der Waals surface area (Å²) < 4.78 is 29.5. The van der Waals surface area contributed by atoms with E-state index >= 15 is 0 Å². The largest absolute Gasteiger partial charge is 0.474 e. The molecule has 0 saturated heterocycles. The van der Waals surface area contributed by atoms with Crippen LogP contribution < -0.4 is 0 Å². The summed E-state index contributed by atoms with van der Waals surface area (Å²) >= 11 is 0. The van der Waals surface area contributed by atoms with E-state index in [1.807, 2.05) is 0 Å². The fourth-order valence-corrected chi connectivity index (χ4v) is 5.72.